The molecule has 1 aliphatic rings. The standard InChI is InChI=1S/C16H22Cl2N2O/c17-11-10-16(21)20(13-8-6-12(18)7-9-13)15-5-3-1-2-4-14(15)19/h6-9,14-15H,1-5,10-11,19H2. The summed E-state index contributed by atoms with van der Waals surface area (Å²) in [7, 11) is 0. The molecule has 0 heterocycles. The summed E-state index contributed by atoms with van der Waals surface area (Å²) in [6, 6.07) is 7.44. The van der Waals surface area contributed by atoms with Gasteiger partial charge >= 0.3 is 0 Å². The third-order valence-electron chi connectivity index (χ3n) is 4.05. The van der Waals surface area contributed by atoms with Crippen molar-refractivity contribution in [1.29, 1.82) is 0 Å². The second kappa shape index (κ2) is 8.02. The number of amides is 1. The van der Waals surface area contributed by atoms with Crippen LogP contribution >= 0.6 is 23.2 Å². The Balaban J connectivity index is 2.30. The maximum atomic E-state index is 12.5. The molecule has 5 heteroatoms. The summed E-state index contributed by atoms with van der Waals surface area (Å²) in [5.41, 5.74) is 7.19. The van der Waals surface area contributed by atoms with Crippen molar-refractivity contribution in [2.45, 2.75) is 50.6 Å². The number of carbonyl (C=O) groups excluding carboxylic acids is 1. The maximum absolute atomic E-state index is 12.5. The molecule has 1 aromatic rings. The van der Waals surface area contributed by atoms with Crippen LogP contribution in [0.4, 0.5) is 5.69 Å². The monoisotopic (exact) mass is 328 g/mol. The van der Waals surface area contributed by atoms with Gasteiger partial charge in [0.15, 0.2) is 0 Å². The predicted octanol–water partition coefficient (Wildman–Crippen LogP) is 3.96. The van der Waals surface area contributed by atoms with Gasteiger partial charge in [0, 0.05) is 29.1 Å². The number of halogens is 2. The number of benzene rings is 1. The lowest BCUT2D eigenvalue weighted by molar-refractivity contribution is -0.118. The SMILES string of the molecule is NC1CCCCCC1N(C(=O)CCCl)c1ccc(Cl)cc1. The summed E-state index contributed by atoms with van der Waals surface area (Å²) in [5, 5.41) is 0.661. The second-order valence-corrected chi connectivity index (χ2v) is 6.36. The molecule has 2 atom stereocenters. The quantitative estimate of drug-likeness (QED) is 0.671. The molecule has 1 fully saturated rings. The van der Waals surface area contributed by atoms with Gasteiger partial charge in [0.1, 0.15) is 0 Å². The van der Waals surface area contributed by atoms with Crippen LogP contribution in [-0.4, -0.2) is 23.9 Å². The molecule has 1 aromatic carbocycles. The number of anilines is 1. The van der Waals surface area contributed by atoms with Crippen molar-refractivity contribution >= 4 is 34.8 Å². The van der Waals surface area contributed by atoms with Gasteiger partial charge in [0.2, 0.25) is 5.91 Å². The highest BCUT2D eigenvalue weighted by Gasteiger charge is 2.30. The van der Waals surface area contributed by atoms with Crippen LogP contribution in [0.1, 0.15) is 38.5 Å². The highest BCUT2D eigenvalue weighted by molar-refractivity contribution is 6.30. The first-order valence-electron chi connectivity index (χ1n) is 7.52. The van der Waals surface area contributed by atoms with Crippen LogP contribution in [0.15, 0.2) is 24.3 Å². The summed E-state index contributed by atoms with van der Waals surface area (Å²) in [4.78, 5) is 14.4. The average molecular weight is 329 g/mol. The summed E-state index contributed by atoms with van der Waals surface area (Å²) < 4.78 is 0. The molecule has 1 aliphatic carbocycles. The minimum Gasteiger partial charge on any atom is -0.326 e. The van der Waals surface area contributed by atoms with Crippen LogP contribution in [0.3, 0.4) is 0 Å². The second-order valence-electron chi connectivity index (χ2n) is 5.55. The number of hydrogen-bond acceptors (Lipinski definition) is 2. The smallest absolute Gasteiger partial charge is 0.228 e. The van der Waals surface area contributed by atoms with E-state index in [0.717, 1.165) is 31.4 Å². The van der Waals surface area contributed by atoms with E-state index in [-0.39, 0.29) is 18.0 Å². The Morgan fingerprint density at radius 1 is 1.19 bits per heavy atom. The average Bonchev–Trinajstić information content (AvgIpc) is 2.67. The Hall–Kier alpha value is -0.770. The van der Waals surface area contributed by atoms with E-state index < -0.39 is 0 Å². The number of rotatable bonds is 4. The zero-order chi connectivity index (χ0) is 15.2. The highest BCUT2D eigenvalue weighted by Crippen LogP contribution is 2.28. The van der Waals surface area contributed by atoms with Crippen molar-refractivity contribution in [2.75, 3.05) is 10.8 Å². The van der Waals surface area contributed by atoms with Crippen LogP contribution in [-0.2, 0) is 4.79 Å². The third kappa shape index (κ3) is 4.35. The fourth-order valence-corrected chi connectivity index (χ4v) is 3.25. The molecule has 0 aliphatic heterocycles. The van der Waals surface area contributed by atoms with E-state index in [4.69, 9.17) is 28.9 Å². The Kier molecular flexibility index (Phi) is 6.34. The fraction of sp³-hybridized carbons (Fsp3) is 0.562. The molecule has 2 unspecified atom stereocenters. The predicted molar refractivity (Wildman–Crippen MR) is 89.1 cm³/mol. The molecule has 0 radical (unpaired) electrons. The van der Waals surface area contributed by atoms with E-state index in [2.05, 4.69) is 0 Å². The Morgan fingerprint density at radius 3 is 2.52 bits per heavy atom. The molecular formula is C16H22Cl2N2O. The molecule has 0 aromatic heterocycles. The van der Waals surface area contributed by atoms with Crippen molar-refractivity contribution < 1.29 is 4.79 Å². The van der Waals surface area contributed by atoms with Gasteiger partial charge in [-0.15, -0.1) is 11.6 Å². The third-order valence-corrected chi connectivity index (χ3v) is 4.49. The van der Waals surface area contributed by atoms with Crippen molar-refractivity contribution in [3.8, 4) is 0 Å². The zero-order valence-electron chi connectivity index (χ0n) is 12.1. The maximum Gasteiger partial charge on any atom is 0.228 e. The van der Waals surface area contributed by atoms with E-state index in [1.165, 1.54) is 6.42 Å². The summed E-state index contributed by atoms with van der Waals surface area (Å²) in [6.07, 6.45) is 5.66. The molecule has 0 spiro atoms. The van der Waals surface area contributed by atoms with Gasteiger partial charge in [-0.05, 0) is 37.1 Å². The number of nitrogens with zero attached hydrogens (tertiary/aromatic N) is 1. The van der Waals surface area contributed by atoms with Gasteiger partial charge in [-0.2, -0.15) is 0 Å². The molecule has 0 saturated heterocycles. The van der Waals surface area contributed by atoms with Gasteiger partial charge in [-0.3, -0.25) is 4.79 Å². The lowest BCUT2D eigenvalue weighted by atomic mass is 10.0. The Labute approximate surface area is 136 Å². The van der Waals surface area contributed by atoms with E-state index in [9.17, 15) is 4.79 Å². The van der Waals surface area contributed by atoms with E-state index in [1.54, 1.807) is 12.1 Å². The van der Waals surface area contributed by atoms with Crippen LogP contribution in [0, 0.1) is 0 Å². The molecule has 3 nitrogen and oxygen atoms in total. The number of hydrogen-bond donors (Lipinski definition) is 1. The largest absolute Gasteiger partial charge is 0.326 e. The molecule has 0 bridgehead atoms. The molecule has 2 rings (SSSR count). The van der Waals surface area contributed by atoms with Crippen molar-refractivity contribution in [1.82, 2.24) is 0 Å². The Bertz CT molecular complexity index is 464. The van der Waals surface area contributed by atoms with Crippen LogP contribution in [0.25, 0.3) is 0 Å². The van der Waals surface area contributed by atoms with Crippen molar-refractivity contribution in [2.24, 2.45) is 5.73 Å². The number of carbonyl (C=O) groups is 1. The van der Waals surface area contributed by atoms with Gasteiger partial charge in [0.05, 0.1) is 6.04 Å². The summed E-state index contributed by atoms with van der Waals surface area (Å²) in [5.74, 6) is 0.361. The van der Waals surface area contributed by atoms with E-state index in [1.807, 2.05) is 17.0 Å². The lowest BCUT2D eigenvalue weighted by Crippen LogP contribution is -2.50. The number of alkyl halides is 1. The Morgan fingerprint density at radius 2 is 1.86 bits per heavy atom. The normalized spacial score (nSPS) is 22.6. The molecular weight excluding hydrogens is 307 g/mol. The topological polar surface area (TPSA) is 46.3 Å². The van der Waals surface area contributed by atoms with Gasteiger partial charge in [0.25, 0.3) is 0 Å². The first-order chi connectivity index (χ1) is 10.1. The van der Waals surface area contributed by atoms with E-state index >= 15 is 0 Å². The lowest BCUT2D eigenvalue weighted by Gasteiger charge is -2.35. The minimum absolute atomic E-state index is 0.0162. The zero-order valence-corrected chi connectivity index (χ0v) is 13.6. The van der Waals surface area contributed by atoms with Crippen molar-refractivity contribution in [3.63, 3.8) is 0 Å². The van der Waals surface area contributed by atoms with Gasteiger partial charge in [-0.25, -0.2) is 0 Å². The molecule has 1 saturated carbocycles. The van der Waals surface area contributed by atoms with Crippen LogP contribution < -0.4 is 10.6 Å². The first kappa shape index (κ1) is 16.6. The molecule has 116 valence electrons. The molecule has 21 heavy (non-hydrogen) atoms. The molecule has 2 N–H and O–H groups in total. The first-order valence-corrected chi connectivity index (χ1v) is 8.44. The van der Waals surface area contributed by atoms with Crippen LogP contribution in [0.2, 0.25) is 5.02 Å². The minimum atomic E-state index is 0.0162. The summed E-state index contributed by atoms with van der Waals surface area (Å²) >= 11 is 11.7. The summed E-state index contributed by atoms with van der Waals surface area (Å²) in [6.45, 7) is 0. The van der Waals surface area contributed by atoms with Gasteiger partial charge in [-0.1, -0.05) is 30.9 Å². The fourth-order valence-electron chi connectivity index (χ4n) is 2.96. The molecule has 1 amide bonds. The number of nitrogens with two attached hydrogens (primary N) is 1. The van der Waals surface area contributed by atoms with Gasteiger partial charge < -0.3 is 10.6 Å². The van der Waals surface area contributed by atoms with Crippen LogP contribution in [0.5, 0.6) is 0 Å². The van der Waals surface area contributed by atoms with E-state index in [0.29, 0.717) is 17.3 Å². The van der Waals surface area contributed by atoms with Crippen molar-refractivity contribution in [3.05, 3.63) is 29.3 Å². The highest BCUT2D eigenvalue weighted by atomic mass is 35.5.